The van der Waals surface area contributed by atoms with Crippen LogP contribution in [0.3, 0.4) is 0 Å². The fourth-order valence-electron chi connectivity index (χ4n) is 2.45. The molecule has 0 radical (unpaired) electrons. The van der Waals surface area contributed by atoms with E-state index in [0.717, 1.165) is 25.7 Å². The maximum absolute atomic E-state index is 10.9. The second kappa shape index (κ2) is 14.5. The van der Waals surface area contributed by atoms with E-state index in [0.29, 0.717) is 12.0 Å². The van der Waals surface area contributed by atoms with E-state index >= 15 is 0 Å². The van der Waals surface area contributed by atoms with Crippen LogP contribution in [0, 0.1) is 0 Å². The summed E-state index contributed by atoms with van der Waals surface area (Å²) in [6.45, 7) is 2.23. The van der Waals surface area contributed by atoms with Gasteiger partial charge in [-0.1, -0.05) is 68.4 Å². The summed E-state index contributed by atoms with van der Waals surface area (Å²) in [7, 11) is 0. The van der Waals surface area contributed by atoms with Crippen molar-refractivity contribution in [3.05, 3.63) is 60.3 Å². The molecule has 0 amide bonds. The fourth-order valence-corrected chi connectivity index (χ4v) is 2.45. The lowest BCUT2D eigenvalue weighted by molar-refractivity contribution is -0.151. The predicted molar refractivity (Wildman–Crippen MR) is 104 cm³/mol. The van der Waals surface area contributed by atoms with Crippen molar-refractivity contribution in [2.24, 2.45) is 0 Å². The highest BCUT2D eigenvalue weighted by molar-refractivity contribution is 5.85. The highest BCUT2D eigenvalue weighted by Gasteiger charge is 2.22. The van der Waals surface area contributed by atoms with Gasteiger partial charge < -0.3 is 9.84 Å². The van der Waals surface area contributed by atoms with Crippen molar-refractivity contribution in [3.8, 4) is 0 Å². The molecule has 0 bridgehead atoms. The summed E-state index contributed by atoms with van der Waals surface area (Å²) in [4.78, 5) is 10.9. The van der Waals surface area contributed by atoms with E-state index in [2.05, 4.69) is 60.3 Å². The predicted octanol–water partition coefficient (Wildman–Crippen LogP) is 5.54. The first-order valence-electron chi connectivity index (χ1n) is 9.43. The SMILES string of the molecule is CCCCC/C=C\C/C=C\C/C=C\C/C=C\CCC1=CC(=O)OC1O. The Kier molecular flexibility index (Phi) is 12.3. The Labute approximate surface area is 152 Å². The summed E-state index contributed by atoms with van der Waals surface area (Å²) >= 11 is 0. The summed E-state index contributed by atoms with van der Waals surface area (Å²) < 4.78 is 4.63. The molecule has 0 aromatic carbocycles. The zero-order chi connectivity index (χ0) is 18.2. The zero-order valence-electron chi connectivity index (χ0n) is 15.4. The standard InChI is InChI=1S/C22H32O3/c1-2-3-4-5-6-7-8-9-10-11-12-13-14-15-16-17-18-20-19-21(23)25-22(20)24/h6-7,9-10,12-13,15-16,19,22,24H,2-5,8,11,14,17-18H2,1H3/b7-6-,10-9-,13-12-,16-15-. The third-order valence-electron chi connectivity index (χ3n) is 3.91. The van der Waals surface area contributed by atoms with Gasteiger partial charge in [0.15, 0.2) is 0 Å². The number of carbonyl (C=O) groups excluding carboxylic acids is 1. The zero-order valence-corrected chi connectivity index (χ0v) is 15.4. The van der Waals surface area contributed by atoms with Gasteiger partial charge in [-0.15, -0.1) is 0 Å². The van der Waals surface area contributed by atoms with E-state index in [1.165, 1.54) is 31.8 Å². The lowest BCUT2D eigenvalue weighted by atomic mass is 10.1. The highest BCUT2D eigenvalue weighted by atomic mass is 16.6. The Morgan fingerprint density at radius 1 is 0.920 bits per heavy atom. The van der Waals surface area contributed by atoms with Gasteiger partial charge in [-0.2, -0.15) is 0 Å². The van der Waals surface area contributed by atoms with Gasteiger partial charge in [0.2, 0.25) is 6.29 Å². The molecule has 0 spiro atoms. The maximum Gasteiger partial charge on any atom is 0.333 e. The molecule has 138 valence electrons. The molecule has 0 saturated heterocycles. The van der Waals surface area contributed by atoms with Gasteiger partial charge in [-0.05, 0) is 44.9 Å². The summed E-state index contributed by atoms with van der Waals surface area (Å²) in [6, 6.07) is 0. The van der Waals surface area contributed by atoms with E-state index in [1.807, 2.05) is 0 Å². The quantitative estimate of drug-likeness (QED) is 0.271. The third kappa shape index (κ3) is 11.3. The van der Waals surface area contributed by atoms with Crippen LogP contribution < -0.4 is 0 Å². The number of unbranched alkanes of at least 4 members (excludes halogenated alkanes) is 3. The molecule has 3 nitrogen and oxygen atoms in total. The first-order chi connectivity index (χ1) is 12.2. The topological polar surface area (TPSA) is 46.5 Å². The molecule has 25 heavy (non-hydrogen) atoms. The molecule has 0 aromatic rings. The van der Waals surface area contributed by atoms with Gasteiger partial charge in [-0.3, -0.25) is 0 Å². The largest absolute Gasteiger partial charge is 0.429 e. The van der Waals surface area contributed by atoms with Gasteiger partial charge in [-0.25, -0.2) is 4.79 Å². The molecule has 1 unspecified atom stereocenters. The Bertz CT molecular complexity index is 509. The normalized spacial score (nSPS) is 18.2. The summed E-state index contributed by atoms with van der Waals surface area (Å²) in [5.74, 6) is -0.450. The Balaban J connectivity index is 1.98. The van der Waals surface area contributed by atoms with Gasteiger partial charge in [0, 0.05) is 11.6 Å². The van der Waals surface area contributed by atoms with Gasteiger partial charge in [0.25, 0.3) is 0 Å². The molecule has 1 aliphatic rings. The van der Waals surface area contributed by atoms with Crippen LogP contribution in [0.1, 0.15) is 64.7 Å². The van der Waals surface area contributed by atoms with E-state index in [-0.39, 0.29) is 0 Å². The number of hydrogen-bond acceptors (Lipinski definition) is 3. The molecule has 0 fully saturated rings. The van der Waals surface area contributed by atoms with Crippen LogP contribution >= 0.6 is 0 Å². The number of esters is 1. The Morgan fingerprint density at radius 3 is 2.00 bits per heavy atom. The summed E-state index contributed by atoms with van der Waals surface area (Å²) in [5.41, 5.74) is 0.662. The lowest BCUT2D eigenvalue weighted by Crippen LogP contribution is -2.09. The van der Waals surface area contributed by atoms with Crippen molar-refractivity contribution < 1.29 is 14.6 Å². The smallest absolute Gasteiger partial charge is 0.333 e. The Morgan fingerprint density at radius 2 is 1.48 bits per heavy atom. The van der Waals surface area contributed by atoms with Crippen molar-refractivity contribution in [2.45, 2.75) is 71.0 Å². The molecule has 1 heterocycles. The van der Waals surface area contributed by atoms with Gasteiger partial charge in [0.1, 0.15) is 0 Å². The molecular weight excluding hydrogens is 312 g/mol. The first kappa shape index (κ1) is 21.2. The first-order valence-corrected chi connectivity index (χ1v) is 9.43. The number of rotatable bonds is 13. The molecule has 1 aliphatic heterocycles. The Hall–Kier alpha value is -1.87. The molecule has 1 rings (SSSR count). The molecule has 1 atom stereocenters. The molecule has 0 aliphatic carbocycles. The molecular formula is C22H32O3. The van der Waals surface area contributed by atoms with Crippen LogP contribution in [-0.2, 0) is 9.53 Å². The van der Waals surface area contributed by atoms with Crippen molar-refractivity contribution in [2.75, 3.05) is 0 Å². The van der Waals surface area contributed by atoms with Gasteiger partial charge >= 0.3 is 5.97 Å². The van der Waals surface area contributed by atoms with Crippen LogP contribution in [-0.4, -0.2) is 17.4 Å². The van der Waals surface area contributed by atoms with E-state index in [4.69, 9.17) is 0 Å². The van der Waals surface area contributed by atoms with Crippen molar-refractivity contribution in [3.63, 3.8) is 0 Å². The van der Waals surface area contributed by atoms with Crippen LogP contribution in [0.25, 0.3) is 0 Å². The second-order valence-electron chi connectivity index (χ2n) is 6.14. The van der Waals surface area contributed by atoms with Crippen molar-refractivity contribution >= 4 is 5.97 Å². The number of hydrogen-bond donors (Lipinski definition) is 1. The number of ether oxygens (including phenoxy) is 1. The van der Waals surface area contributed by atoms with Gasteiger partial charge in [0.05, 0.1) is 0 Å². The molecule has 1 N–H and O–H groups in total. The minimum atomic E-state index is -1.04. The number of aliphatic hydroxyl groups excluding tert-OH is 1. The van der Waals surface area contributed by atoms with Crippen LogP contribution in [0.2, 0.25) is 0 Å². The molecule has 0 saturated carbocycles. The molecule has 3 heteroatoms. The van der Waals surface area contributed by atoms with Crippen LogP contribution in [0.5, 0.6) is 0 Å². The van der Waals surface area contributed by atoms with E-state index in [9.17, 15) is 9.90 Å². The lowest BCUT2D eigenvalue weighted by Gasteiger charge is -2.04. The number of aliphatic hydroxyl groups is 1. The van der Waals surface area contributed by atoms with Crippen molar-refractivity contribution in [1.82, 2.24) is 0 Å². The number of cyclic esters (lactones) is 1. The number of carbonyl (C=O) groups is 1. The minimum absolute atomic E-state index is 0.450. The fraction of sp³-hybridized carbons (Fsp3) is 0.500. The summed E-state index contributed by atoms with van der Waals surface area (Å²) in [6.07, 6.45) is 27.2. The minimum Gasteiger partial charge on any atom is -0.429 e. The summed E-state index contributed by atoms with van der Waals surface area (Å²) in [5, 5.41) is 9.43. The monoisotopic (exact) mass is 344 g/mol. The van der Waals surface area contributed by atoms with E-state index < -0.39 is 12.3 Å². The highest BCUT2D eigenvalue weighted by Crippen LogP contribution is 2.18. The van der Waals surface area contributed by atoms with Crippen molar-refractivity contribution in [1.29, 1.82) is 0 Å². The van der Waals surface area contributed by atoms with E-state index in [1.54, 1.807) is 0 Å². The maximum atomic E-state index is 10.9. The van der Waals surface area contributed by atoms with Crippen LogP contribution in [0.15, 0.2) is 60.3 Å². The second-order valence-corrected chi connectivity index (χ2v) is 6.14. The average Bonchev–Trinajstić information content (AvgIpc) is 2.92. The third-order valence-corrected chi connectivity index (χ3v) is 3.91. The average molecular weight is 344 g/mol. The number of allylic oxidation sites excluding steroid dienone is 8. The molecule has 0 aromatic heterocycles. The van der Waals surface area contributed by atoms with Crippen LogP contribution in [0.4, 0.5) is 0 Å².